The fourth-order valence-corrected chi connectivity index (χ4v) is 2.88. The average Bonchev–Trinajstić information content (AvgIpc) is 2.83. The van der Waals surface area contributed by atoms with Crippen molar-refractivity contribution in [3.8, 4) is 0 Å². The quantitative estimate of drug-likeness (QED) is 0.822. The van der Waals surface area contributed by atoms with Crippen LogP contribution in [0.2, 0.25) is 5.02 Å². The van der Waals surface area contributed by atoms with Crippen LogP contribution in [0.25, 0.3) is 0 Å². The van der Waals surface area contributed by atoms with Crippen LogP contribution in [0.3, 0.4) is 0 Å². The fourth-order valence-electron chi connectivity index (χ4n) is 2.69. The van der Waals surface area contributed by atoms with Gasteiger partial charge < -0.3 is 5.32 Å². The van der Waals surface area contributed by atoms with E-state index in [-0.39, 0.29) is 0 Å². The molecule has 2 atom stereocenters. The number of likely N-dealkylation sites (tertiary alicyclic amines) is 1. The van der Waals surface area contributed by atoms with Gasteiger partial charge in [-0.25, -0.2) is 0 Å². The summed E-state index contributed by atoms with van der Waals surface area (Å²) >= 11 is 6.16. The van der Waals surface area contributed by atoms with Crippen LogP contribution in [-0.4, -0.2) is 30.1 Å². The highest BCUT2D eigenvalue weighted by atomic mass is 35.5. The lowest BCUT2D eigenvalue weighted by Gasteiger charge is -2.27. The van der Waals surface area contributed by atoms with Gasteiger partial charge in [0.25, 0.3) is 0 Å². The zero-order chi connectivity index (χ0) is 10.3. The van der Waals surface area contributed by atoms with E-state index in [4.69, 9.17) is 11.6 Å². The number of rotatable bonds is 2. The highest BCUT2D eigenvalue weighted by molar-refractivity contribution is 6.31. The molecule has 1 N–H and O–H groups in total. The van der Waals surface area contributed by atoms with Crippen molar-refractivity contribution in [3.63, 3.8) is 0 Å². The number of hydrogen-bond acceptors (Lipinski definition) is 2. The summed E-state index contributed by atoms with van der Waals surface area (Å²) < 4.78 is 0. The summed E-state index contributed by atoms with van der Waals surface area (Å²) in [7, 11) is 0. The van der Waals surface area contributed by atoms with Gasteiger partial charge in [-0.1, -0.05) is 29.8 Å². The SMILES string of the molecule is Clc1ccccc1CN1C[C@@H]2C[C@@H]1CN2. The van der Waals surface area contributed by atoms with Crippen molar-refractivity contribution in [2.24, 2.45) is 0 Å². The van der Waals surface area contributed by atoms with Crippen LogP contribution < -0.4 is 5.32 Å². The summed E-state index contributed by atoms with van der Waals surface area (Å²) in [6.07, 6.45) is 1.31. The van der Waals surface area contributed by atoms with Crippen molar-refractivity contribution in [2.75, 3.05) is 13.1 Å². The van der Waals surface area contributed by atoms with E-state index in [0.29, 0.717) is 0 Å². The molecule has 80 valence electrons. The minimum atomic E-state index is 0.720. The Bertz CT molecular complexity index is 366. The van der Waals surface area contributed by atoms with Crippen LogP contribution in [0.1, 0.15) is 12.0 Å². The van der Waals surface area contributed by atoms with E-state index in [1.807, 2.05) is 12.1 Å². The van der Waals surface area contributed by atoms with Crippen molar-refractivity contribution in [2.45, 2.75) is 25.0 Å². The van der Waals surface area contributed by atoms with Crippen LogP contribution >= 0.6 is 11.6 Å². The summed E-state index contributed by atoms with van der Waals surface area (Å²) in [6, 6.07) is 9.60. The van der Waals surface area contributed by atoms with Crippen LogP contribution in [0.15, 0.2) is 24.3 Å². The summed E-state index contributed by atoms with van der Waals surface area (Å²) in [5, 5.41) is 4.41. The number of piperazine rings is 1. The van der Waals surface area contributed by atoms with Crippen molar-refractivity contribution in [3.05, 3.63) is 34.9 Å². The minimum Gasteiger partial charge on any atom is -0.311 e. The van der Waals surface area contributed by atoms with E-state index in [0.717, 1.165) is 30.2 Å². The average molecular weight is 223 g/mol. The molecular weight excluding hydrogens is 208 g/mol. The maximum absolute atomic E-state index is 6.16. The molecule has 3 heteroatoms. The molecule has 0 unspecified atom stereocenters. The second kappa shape index (κ2) is 3.78. The van der Waals surface area contributed by atoms with Crippen LogP contribution in [0, 0.1) is 0 Å². The van der Waals surface area contributed by atoms with Crippen molar-refractivity contribution in [1.29, 1.82) is 0 Å². The second-order valence-corrected chi connectivity index (χ2v) is 4.92. The molecule has 2 saturated heterocycles. The van der Waals surface area contributed by atoms with Gasteiger partial charge in [0, 0.05) is 36.7 Å². The van der Waals surface area contributed by atoms with Gasteiger partial charge in [0.05, 0.1) is 0 Å². The lowest BCUT2D eigenvalue weighted by atomic mass is 10.2. The zero-order valence-corrected chi connectivity index (χ0v) is 9.37. The maximum Gasteiger partial charge on any atom is 0.0451 e. The highest BCUT2D eigenvalue weighted by Crippen LogP contribution is 2.26. The first-order valence-electron chi connectivity index (χ1n) is 5.54. The van der Waals surface area contributed by atoms with Crippen molar-refractivity contribution in [1.82, 2.24) is 10.2 Å². The largest absolute Gasteiger partial charge is 0.311 e. The molecule has 2 heterocycles. The van der Waals surface area contributed by atoms with Crippen LogP contribution in [-0.2, 0) is 6.54 Å². The molecule has 0 radical (unpaired) electrons. The Kier molecular flexibility index (Phi) is 2.43. The van der Waals surface area contributed by atoms with E-state index in [2.05, 4.69) is 22.3 Å². The predicted octanol–water partition coefficient (Wildman–Crippen LogP) is 1.89. The van der Waals surface area contributed by atoms with Crippen molar-refractivity contribution >= 4 is 11.6 Å². The first kappa shape index (κ1) is 9.64. The first-order chi connectivity index (χ1) is 7.33. The van der Waals surface area contributed by atoms with Gasteiger partial charge in [0.1, 0.15) is 0 Å². The molecule has 2 fully saturated rings. The zero-order valence-electron chi connectivity index (χ0n) is 8.62. The van der Waals surface area contributed by atoms with Gasteiger partial charge in [0.15, 0.2) is 0 Å². The fraction of sp³-hybridized carbons (Fsp3) is 0.500. The molecule has 2 bridgehead atoms. The molecule has 0 spiro atoms. The summed E-state index contributed by atoms with van der Waals surface area (Å²) in [4.78, 5) is 2.54. The maximum atomic E-state index is 6.16. The lowest BCUT2D eigenvalue weighted by molar-refractivity contribution is 0.218. The molecule has 1 aromatic rings. The highest BCUT2D eigenvalue weighted by Gasteiger charge is 2.37. The van der Waals surface area contributed by atoms with Gasteiger partial charge in [-0.15, -0.1) is 0 Å². The molecule has 3 rings (SSSR count). The molecule has 15 heavy (non-hydrogen) atoms. The summed E-state index contributed by atoms with van der Waals surface area (Å²) in [6.45, 7) is 3.33. The molecule has 1 aromatic carbocycles. The van der Waals surface area contributed by atoms with E-state index in [1.54, 1.807) is 0 Å². The molecule has 2 nitrogen and oxygen atoms in total. The Morgan fingerprint density at radius 3 is 2.93 bits per heavy atom. The van der Waals surface area contributed by atoms with Gasteiger partial charge in [-0.3, -0.25) is 4.90 Å². The third kappa shape index (κ3) is 1.78. The smallest absolute Gasteiger partial charge is 0.0451 e. The summed E-state index contributed by atoms with van der Waals surface area (Å²) in [5.41, 5.74) is 1.26. The molecule has 0 aliphatic carbocycles. The lowest BCUT2D eigenvalue weighted by Crippen LogP contribution is -2.42. The van der Waals surface area contributed by atoms with E-state index in [1.165, 1.54) is 18.5 Å². The van der Waals surface area contributed by atoms with Crippen LogP contribution in [0.5, 0.6) is 0 Å². The third-order valence-electron chi connectivity index (χ3n) is 3.50. The van der Waals surface area contributed by atoms with E-state index < -0.39 is 0 Å². The molecular formula is C12H15ClN2. The number of benzene rings is 1. The van der Waals surface area contributed by atoms with E-state index >= 15 is 0 Å². The number of fused-ring (bicyclic) bond motifs is 2. The Morgan fingerprint density at radius 1 is 1.40 bits per heavy atom. The third-order valence-corrected chi connectivity index (χ3v) is 3.87. The molecule has 0 saturated carbocycles. The van der Waals surface area contributed by atoms with Gasteiger partial charge >= 0.3 is 0 Å². The molecule has 0 aromatic heterocycles. The standard InChI is InChI=1S/C12H15ClN2/c13-12-4-2-1-3-9(12)7-15-8-10-5-11(15)6-14-10/h1-4,10-11,14H,5-8H2/t10-,11+/m0/s1. The topological polar surface area (TPSA) is 15.3 Å². The molecule has 2 aliphatic rings. The van der Waals surface area contributed by atoms with Crippen molar-refractivity contribution < 1.29 is 0 Å². The van der Waals surface area contributed by atoms with E-state index in [9.17, 15) is 0 Å². The Balaban J connectivity index is 1.73. The van der Waals surface area contributed by atoms with Crippen LogP contribution in [0.4, 0.5) is 0 Å². The number of nitrogens with zero attached hydrogens (tertiary/aromatic N) is 1. The Hall–Kier alpha value is -0.570. The first-order valence-corrected chi connectivity index (χ1v) is 5.91. The van der Waals surface area contributed by atoms with Gasteiger partial charge in [-0.05, 0) is 18.1 Å². The molecule has 0 amide bonds. The van der Waals surface area contributed by atoms with Gasteiger partial charge in [-0.2, -0.15) is 0 Å². The number of hydrogen-bond donors (Lipinski definition) is 1. The second-order valence-electron chi connectivity index (χ2n) is 4.52. The summed E-state index contributed by atoms with van der Waals surface area (Å²) in [5.74, 6) is 0. The molecule has 2 aliphatic heterocycles. The normalized spacial score (nSPS) is 29.9. The monoisotopic (exact) mass is 222 g/mol. The Morgan fingerprint density at radius 2 is 2.27 bits per heavy atom. The number of nitrogens with one attached hydrogen (secondary N) is 1. The number of halogens is 1. The Labute approximate surface area is 95.2 Å². The predicted molar refractivity (Wildman–Crippen MR) is 62.1 cm³/mol. The van der Waals surface area contributed by atoms with Gasteiger partial charge in [0.2, 0.25) is 0 Å². The minimum absolute atomic E-state index is 0.720.